The Hall–Kier alpha value is -4.77. The lowest BCUT2D eigenvalue weighted by Gasteiger charge is -2.27. The molecule has 3 N–H and O–H groups in total. The Morgan fingerprint density at radius 1 is 1.11 bits per heavy atom. The molecule has 0 saturated carbocycles. The van der Waals surface area contributed by atoms with E-state index in [1.165, 1.54) is 0 Å². The Labute approximate surface area is 207 Å². The average Bonchev–Trinajstić information content (AvgIpc) is 3.34. The molecule has 1 fully saturated rings. The van der Waals surface area contributed by atoms with Gasteiger partial charge in [-0.2, -0.15) is 0 Å². The van der Waals surface area contributed by atoms with E-state index >= 15 is 0 Å². The third-order valence-electron chi connectivity index (χ3n) is 6.26. The van der Waals surface area contributed by atoms with Gasteiger partial charge in [0.2, 0.25) is 0 Å². The lowest BCUT2D eigenvalue weighted by atomic mass is 9.88. The van der Waals surface area contributed by atoms with Crippen LogP contribution in [0.25, 0.3) is 22.0 Å². The van der Waals surface area contributed by atoms with E-state index in [9.17, 15) is 14.7 Å². The number of fused-ring (bicyclic) bond motifs is 1. The third-order valence-corrected chi connectivity index (χ3v) is 6.26. The van der Waals surface area contributed by atoms with Crippen molar-refractivity contribution in [1.29, 1.82) is 0 Å². The summed E-state index contributed by atoms with van der Waals surface area (Å²) in [5.74, 6) is 5.64. The van der Waals surface area contributed by atoms with E-state index in [4.69, 9.17) is 4.74 Å². The number of rotatable bonds is 6. The summed E-state index contributed by atoms with van der Waals surface area (Å²) in [5.41, 5.74) is 1.97. The minimum absolute atomic E-state index is 0.00930. The zero-order valence-electron chi connectivity index (χ0n) is 19.8. The maximum atomic E-state index is 13.1. The zero-order valence-corrected chi connectivity index (χ0v) is 19.8. The first-order chi connectivity index (χ1) is 17.4. The number of pyridine rings is 1. The van der Waals surface area contributed by atoms with E-state index in [-0.39, 0.29) is 19.0 Å². The summed E-state index contributed by atoms with van der Waals surface area (Å²) in [6.07, 6.45) is 3.49. The smallest absolute Gasteiger partial charge is 0.322 e. The Morgan fingerprint density at radius 2 is 1.92 bits per heavy atom. The van der Waals surface area contributed by atoms with Crippen LogP contribution in [0, 0.1) is 18.8 Å². The molecule has 2 aromatic carbocycles. The monoisotopic (exact) mass is 480 g/mol. The molecule has 0 aliphatic carbocycles. The van der Waals surface area contributed by atoms with Crippen LogP contribution in [0.2, 0.25) is 0 Å². The van der Waals surface area contributed by atoms with Crippen molar-refractivity contribution in [3.05, 3.63) is 78.1 Å². The number of urea groups is 1. The van der Waals surface area contributed by atoms with E-state index < -0.39 is 17.5 Å². The number of aromatic nitrogens is 2. The van der Waals surface area contributed by atoms with Gasteiger partial charge in [0.05, 0.1) is 12.2 Å². The van der Waals surface area contributed by atoms with Crippen LogP contribution in [-0.4, -0.2) is 33.2 Å². The second-order valence-corrected chi connectivity index (χ2v) is 8.65. The molecule has 0 radical (unpaired) electrons. The van der Waals surface area contributed by atoms with Gasteiger partial charge in [-0.1, -0.05) is 30.2 Å². The van der Waals surface area contributed by atoms with E-state index in [1.54, 1.807) is 48.1 Å². The molecule has 0 bridgehead atoms. The normalized spacial score (nSPS) is 16.8. The number of amides is 3. The Kier molecular flexibility index (Phi) is 5.82. The van der Waals surface area contributed by atoms with Crippen LogP contribution in [0.15, 0.2) is 67.0 Å². The van der Waals surface area contributed by atoms with Crippen molar-refractivity contribution in [2.75, 3.05) is 6.61 Å². The molecule has 180 valence electrons. The molecule has 0 spiro atoms. The lowest BCUT2D eigenvalue weighted by Crippen LogP contribution is -2.47. The molecule has 2 aromatic heterocycles. The number of nitrogens with zero attached hydrogens (tertiary/aromatic N) is 2. The summed E-state index contributed by atoms with van der Waals surface area (Å²) in [4.78, 5) is 29.7. The van der Waals surface area contributed by atoms with Crippen LogP contribution < -0.4 is 15.4 Å². The molecule has 8 heteroatoms. The number of nitrogens with one attached hydrogen (secondary N) is 2. The molecule has 1 atom stereocenters. The van der Waals surface area contributed by atoms with Gasteiger partial charge in [-0.3, -0.25) is 15.1 Å². The number of carbonyl (C=O) groups excluding carboxylic acids is 2. The van der Waals surface area contributed by atoms with Gasteiger partial charge in [0.15, 0.2) is 11.4 Å². The number of aryl methyl sites for hydroxylation is 1. The molecule has 4 aromatic rings. The predicted octanol–water partition coefficient (Wildman–Crippen LogP) is 3.85. The summed E-state index contributed by atoms with van der Waals surface area (Å²) in [6.45, 7) is 3.96. The highest BCUT2D eigenvalue weighted by molar-refractivity contribution is 6.07. The number of aromatic hydroxyl groups is 1. The van der Waals surface area contributed by atoms with Crippen LogP contribution in [0.3, 0.4) is 0 Å². The van der Waals surface area contributed by atoms with E-state index in [1.807, 2.05) is 37.3 Å². The van der Waals surface area contributed by atoms with Crippen molar-refractivity contribution < 1.29 is 19.4 Å². The Bertz CT molecular complexity index is 1550. The van der Waals surface area contributed by atoms with Gasteiger partial charge < -0.3 is 19.7 Å². The maximum Gasteiger partial charge on any atom is 0.322 e. The molecule has 1 saturated heterocycles. The fourth-order valence-corrected chi connectivity index (χ4v) is 4.40. The SMILES string of the molecule is CC#CCOc1ccc2cn(C[C@@]3(c4ccc(-c5cc(C)ccn5)cc4)NC(=O)NC3=O)c(O)c2c1. The molecule has 3 heterocycles. The molecule has 1 aliphatic rings. The number of imide groups is 1. The number of hydrogen-bond acceptors (Lipinski definition) is 5. The summed E-state index contributed by atoms with van der Waals surface area (Å²) in [6, 6.07) is 16.0. The van der Waals surface area contributed by atoms with E-state index in [0.717, 1.165) is 22.2 Å². The first kappa shape index (κ1) is 23.0. The van der Waals surface area contributed by atoms with Gasteiger partial charge >= 0.3 is 6.03 Å². The highest BCUT2D eigenvalue weighted by Gasteiger charge is 2.48. The van der Waals surface area contributed by atoms with Crippen molar-refractivity contribution >= 4 is 22.7 Å². The topological polar surface area (TPSA) is 105 Å². The number of hydrogen-bond donors (Lipinski definition) is 3. The standard InChI is InChI=1S/C28H24N4O4/c1-3-4-13-36-22-10-7-20-16-32(25(33)23(20)15-22)17-28(26(34)30-27(35)31-28)21-8-5-19(6-9-21)24-14-18(2)11-12-29-24/h5-12,14-16,33H,13,17H2,1-2H3,(H2,30,31,34,35)/t28-/m0/s1. The maximum absolute atomic E-state index is 13.1. The predicted molar refractivity (Wildman–Crippen MR) is 135 cm³/mol. The van der Waals surface area contributed by atoms with Crippen molar-refractivity contribution in [3.8, 4) is 34.7 Å². The summed E-state index contributed by atoms with van der Waals surface area (Å²) < 4.78 is 7.16. The van der Waals surface area contributed by atoms with Crippen LogP contribution in [0.4, 0.5) is 4.79 Å². The van der Waals surface area contributed by atoms with E-state index in [0.29, 0.717) is 16.7 Å². The minimum Gasteiger partial charge on any atom is -0.494 e. The molecule has 36 heavy (non-hydrogen) atoms. The highest BCUT2D eigenvalue weighted by atomic mass is 16.5. The van der Waals surface area contributed by atoms with Crippen molar-refractivity contribution in [3.63, 3.8) is 0 Å². The minimum atomic E-state index is -1.40. The average molecular weight is 481 g/mol. The third kappa shape index (κ3) is 4.12. The number of benzene rings is 2. The van der Waals surface area contributed by atoms with Gasteiger partial charge in [-0.25, -0.2) is 4.79 Å². The quantitative estimate of drug-likeness (QED) is 0.287. The van der Waals surface area contributed by atoms with Gasteiger partial charge in [-0.05, 0) is 55.3 Å². The van der Waals surface area contributed by atoms with Gasteiger partial charge in [0.25, 0.3) is 5.91 Å². The number of carbonyl (C=O) groups is 2. The van der Waals surface area contributed by atoms with Crippen LogP contribution in [0.5, 0.6) is 11.6 Å². The molecular weight excluding hydrogens is 456 g/mol. The summed E-state index contributed by atoms with van der Waals surface area (Å²) >= 11 is 0. The van der Waals surface area contributed by atoms with Crippen LogP contribution in [-0.2, 0) is 16.9 Å². The molecule has 3 amide bonds. The van der Waals surface area contributed by atoms with Crippen molar-refractivity contribution in [2.24, 2.45) is 0 Å². The fraction of sp³-hybridized carbons (Fsp3) is 0.179. The first-order valence-corrected chi connectivity index (χ1v) is 11.4. The molecule has 0 unspecified atom stereocenters. The van der Waals surface area contributed by atoms with Gasteiger partial charge in [-0.15, -0.1) is 5.92 Å². The highest BCUT2D eigenvalue weighted by Crippen LogP contribution is 2.35. The molecule has 8 nitrogen and oxygen atoms in total. The fourth-order valence-electron chi connectivity index (χ4n) is 4.40. The lowest BCUT2D eigenvalue weighted by molar-refractivity contribution is -0.124. The second kappa shape index (κ2) is 9.12. The summed E-state index contributed by atoms with van der Waals surface area (Å²) in [5, 5.41) is 17.5. The Balaban J connectivity index is 1.51. The van der Waals surface area contributed by atoms with Crippen molar-refractivity contribution in [1.82, 2.24) is 20.2 Å². The van der Waals surface area contributed by atoms with Crippen LogP contribution >= 0.6 is 0 Å². The second-order valence-electron chi connectivity index (χ2n) is 8.65. The molecular formula is C28H24N4O4. The first-order valence-electron chi connectivity index (χ1n) is 11.4. The number of ether oxygens (including phenoxy) is 1. The van der Waals surface area contributed by atoms with Crippen molar-refractivity contribution in [2.45, 2.75) is 25.9 Å². The van der Waals surface area contributed by atoms with Crippen LogP contribution in [0.1, 0.15) is 18.1 Å². The Morgan fingerprint density at radius 3 is 2.61 bits per heavy atom. The summed E-state index contributed by atoms with van der Waals surface area (Å²) in [7, 11) is 0. The van der Waals surface area contributed by atoms with Gasteiger partial charge in [0, 0.05) is 28.7 Å². The zero-order chi connectivity index (χ0) is 25.3. The van der Waals surface area contributed by atoms with E-state index in [2.05, 4.69) is 27.5 Å². The largest absolute Gasteiger partial charge is 0.494 e. The molecule has 1 aliphatic heterocycles. The molecule has 5 rings (SSSR count). The van der Waals surface area contributed by atoms with Gasteiger partial charge in [0.1, 0.15) is 12.4 Å².